The van der Waals surface area contributed by atoms with Gasteiger partial charge in [-0.15, -0.1) is 0 Å². The molecular weight excluding hydrogens is 288 g/mol. The van der Waals surface area contributed by atoms with Crippen LogP contribution in [-0.2, 0) is 9.53 Å². The third-order valence-corrected chi connectivity index (χ3v) is 4.15. The van der Waals surface area contributed by atoms with Gasteiger partial charge in [0, 0.05) is 37.2 Å². The molecule has 0 spiro atoms. The Kier molecular flexibility index (Phi) is 6.03. The van der Waals surface area contributed by atoms with Gasteiger partial charge in [0.2, 0.25) is 0 Å². The Labute approximate surface area is 131 Å². The number of nitrogens with zero attached hydrogens (tertiary/aromatic N) is 2. The van der Waals surface area contributed by atoms with Crippen molar-refractivity contribution in [3.05, 3.63) is 34.9 Å². The molecule has 0 radical (unpaired) electrons. The highest BCUT2D eigenvalue weighted by atomic mass is 35.5. The molecule has 1 atom stereocenters. The molecule has 1 unspecified atom stereocenters. The first-order valence-corrected chi connectivity index (χ1v) is 7.81. The van der Waals surface area contributed by atoms with Crippen LogP contribution in [0.25, 0.3) is 0 Å². The lowest BCUT2D eigenvalue weighted by atomic mass is 10.0. The quantitative estimate of drug-likeness (QED) is 0.783. The minimum Gasteiger partial charge on any atom is -0.466 e. The SMILES string of the molecule is CCOC(=O)CC(c1ccc(Cl)cc1)N1CCN(C)CC1. The standard InChI is InChI=1S/C16H23ClN2O2/c1-3-21-16(20)12-15(13-4-6-14(17)7-5-13)19-10-8-18(2)9-11-19/h4-7,15H,3,8-12H2,1-2H3. The fourth-order valence-electron chi connectivity index (χ4n) is 2.65. The lowest BCUT2D eigenvalue weighted by molar-refractivity contribution is -0.144. The van der Waals surface area contributed by atoms with Gasteiger partial charge >= 0.3 is 5.97 Å². The first kappa shape index (κ1) is 16.3. The maximum Gasteiger partial charge on any atom is 0.307 e. The second-order valence-corrected chi connectivity index (χ2v) is 5.85. The van der Waals surface area contributed by atoms with E-state index in [-0.39, 0.29) is 12.0 Å². The van der Waals surface area contributed by atoms with Crippen molar-refractivity contribution in [2.24, 2.45) is 0 Å². The van der Waals surface area contributed by atoms with Crippen molar-refractivity contribution < 1.29 is 9.53 Å². The predicted molar refractivity (Wildman–Crippen MR) is 84.5 cm³/mol. The zero-order valence-corrected chi connectivity index (χ0v) is 13.5. The van der Waals surface area contributed by atoms with Crippen LogP contribution in [0.5, 0.6) is 0 Å². The molecule has 0 aromatic heterocycles. The molecule has 4 nitrogen and oxygen atoms in total. The first-order valence-electron chi connectivity index (χ1n) is 7.44. The van der Waals surface area contributed by atoms with Gasteiger partial charge in [0.05, 0.1) is 13.0 Å². The van der Waals surface area contributed by atoms with Crippen LogP contribution >= 0.6 is 11.6 Å². The van der Waals surface area contributed by atoms with Gasteiger partial charge in [0.15, 0.2) is 0 Å². The topological polar surface area (TPSA) is 32.8 Å². The van der Waals surface area contributed by atoms with E-state index in [9.17, 15) is 4.79 Å². The van der Waals surface area contributed by atoms with Gasteiger partial charge in [0.25, 0.3) is 0 Å². The molecule has 0 N–H and O–H groups in total. The summed E-state index contributed by atoms with van der Waals surface area (Å²) in [4.78, 5) is 16.6. The van der Waals surface area contributed by atoms with Gasteiger partial charge < -0.3 is 9.64 Å². The highest BCUT2D eigenvalue weighted by molar-refractivity contribution is 6.30. The molecular formula is C16H23ClN2O2. The zero-order chi connectivity index (χ0) is 15.2. The Balaban J connectivity index is 2.13. The van der Waals surface area contributed by atoms with Crippen LogP contribution in [0.2, 0.25) is 5.02 Å². The molecule has 1 aliphatic rings. The van der Waals surface area contributed by atoms with Gasteiger partial charge in [-0.05, 0) is 31.7 Å². The summed E-state index contributed by atoms with van der Waals surface area (Å²) in [7, 11) is 2.12. The van der Waals surface area contributed by atoms with Gasteiger partial charge in [0.1, 0.15) is 0 Å². The number of piperazine rings is 1. The molecule has 1 aromatic carbocycles. The van der Waals surface area contributed by atoms with E-state index in [1.165, 1.54) is 0 Å². The number of carbonyl (C=O) groups is 1. The monoisotopic (exact) mass is 310 g/mol. The molecule has 1 heterocycles. The molecule has 1 aliphatic heterocycles. The summed E-state index contributed by atoms with van der Waals surface area (Å²) in [5.74, 6) is -0.142. The summed E-state index contributed by atoms with van der Waals surface area (Å²) in [6.07, 6.45) is 0.388. The van der Waals surface area contributed by atoms with Crippen LogP contribution < -0.4 is 0 Å². The van der Waals surface area contributed by atoms with E-state index in [4.69, 9.17) is 16.3 Å². The number of halogens is 1. The fourth-order valence-corrected chi connectivity index (χ4v) is 2.78. The van der Waals surface area contributed by atoms with E-state index in [2.05, 4.69) is 16.8 Å². The van der Waals surface area contributed by atoms with Crippen molar-refractivity contribution in [3.63, 3.8) is 0 Å². The van der Waals surface area contributed by atoms with Crippen LogP contribution in [0.1, 0.15) is 24.9 Å². The molecule has 5 heteroatoms. The number of ether oxygens (including phenoxy) is 1. The van der Waals surface area contributed by atoms with Gasteiger partial charge in [-0.2, -0.15) is 0 Å². The molecule has 21 heavy (non-hydrogen) atoms. The molecule has 0 aliphatic carbocycles. The predicted octanol–water partition coefficient (Wildman–Crippen LogP) is 2.58. The average Bonchev–Trinajstić information content (AvgIpc) is 2.47. The summed E-state index contributed by atoms with van der Waals surface area (Å²) < 4.78 is 5.13. The molecule has 1 fully saturated rings. The minimum absolute atomic E-state index is 0.0648. The Bertz CT molecular complexity index is 456. The summed E-state index contributed by atoms with van der Waals surface area (Å²) in [5, 5.41) is 0.715. The fraction of sp³-hybridized carbons (Fsp3) is 0.562. The Morgan fingerprint density at radius 2 is 1.86 bits per heavy atom. The normalized spacial score (nSPS) is 18.4. The lowest BCUT2D eigenvalue weighted by Gasteiger charge is -2.37. The van der Waals surface area contributed by atoms with Gasteiger partial charge in [-0.25, -0.2) is 0 Å². The van der Waals surface area contributed by atoms with Crippen molar-refractivity contribution >= 4 is 17.6 Å². The summed E-state index contributed by atoms with van der Waals surface area (Å²) in [5.41, 5.74) is 1.12. The number of esters is 1. The third-order valence-electron chi connectivity index (χ3n) is 3.90. The van der Waals surface area contributed by atoms with Crippen molar-refractivity contribution in [1.82, 2.24) is 9.80 Å². The maximum absolute atomic E-state index is 11.9. The number of hydrogen-bond acceptors (Lipinski definition) is 4. The van der Waals surface area contributed by atoms with Crippen LogP contribution in [-0.4, -0.2) is 55.6 Å². The molecule has 1 aromatic rings. The van der Waals surface area contributed by atoms with E-state index in [1.54, 1.807) is 0 Å². The molecule has 0 saturated carbocycles. The number of hydrogen-bond donors (Lipinski definition) is 0. The zero-order valence-electron chi connectivity index (χ0n) is 12.7. The Morgan fingerprint density at radius 3 is 2.43 bits per heavy atom. The second-order valence-electron chi connectivity index (χ2n) is 5.42. The third kappa shape index (κ3) is 4.70. The first-order chi connectivity index (χ1) is 10.1. The summed E-state index contributed by atoms with van der Waals surface area (Å²) in [6.45, 7) is 6.23. The van der Waals surface area contributed by atoms with Gasteiger partial charge in [-0.3, -0.25) is 9.69 Å². The lowest BCUT2D eigenvalue weighted by Crippen LogP contribution is -2.46. The molecule has 2 rings (SSSR count). The second kappa shape index (κ2) is 7.78. The van der Waals surface area contributed by atoms with Gasteiger partial charge in [-0.1, -0.05) is 23.7 Å². The van der Waals surface area contributed by atoms with Crippen molar-refractivity contribution in [2.75, 3.05) is 39.8 Å². The molecule has 0 amide bonds. The van der Waals surface area contributed by atoms with Crippen molar-refractivity contribution in [3.8, 4) is 0 Å². The Morgan fingerprint density at radius 1 is 1.24 bits per heavy atom. The average molecular weight is 311 g/mol. The van der Waals surface area contributed by atoms with Crippen molar-refractivity contribution in [2.45, 2.75) is 19.4 Å². The Hall–Kier alpha value is -1.10. The number of benzene rings is 1. The van der Waals surface area contributed by atoms with E-state index in [0.29, 0.717) is 18.1 Å². The smallest absolute Gasteiger partial charge is 0.307 e. The van der Waals surface area contributed by atoms with Crippen LogP contribution in [0.15, 0.2) is 24.3 Å². The molecule has 0 bridgehead atoms. The van der Waals surface area contributed by atoms with E-state index >= 15 is 0 Å². The van der Waals surface area contributed by atoms with E-state index in [0.717, 1.165) is 31.7 Å². The largest absolute Gasteiger partial charge is 0.466 e. The number of carbonyl (C=O) groups excluding carboxylic acids is 1. The molecule has 1 saturated heterocycles. The summed E-state index contributed by atoms with van der Waals surface area (Å²) in [6, 6.07) is 7.83. The van der Waals surface area contributed by atoms with Crippen LogP contribution in [0.3, 0.4) is 0 Å². The van der Waals surface area contributed by atoms with Crippen LogP contribution in [0, 0.1) is 0 Å². The van der Waals surface area contributed by atoms with Crippen molar-refractivity contribution in [1.29, 1.82) is 0 Å². The highest BCUT2D eigenvalue weighted by Gasteiger charge is 2.26. The van der Waals surface area contributed by atoms with E-state index < -0.39 is 0 Å². The maximum atomic E-state index is 11.9. The summed E-state index contributed by atoms with van der Waals surface area (Å²) >= 11 is 5.96. The van der Waals surface area contributed by atoms with E-state index in [1.807, 2.05) is 31.2 Å². The minimum atomic E-state index is -0.142. The number of likely N-dealkylation sites (N-methyl/N-ethyl adjacent to an activating group) is 1. The molecule has 116 valence electrons. The van der Waals surface area contributed by atoms with Crippen LogP contribution in [0.4, 0.5) is 0 Å². The number of rotatable bonds is 5. The highest BCUT2D eigenvalue weighted by Crippen LogP contribution is 2.27.